The lowest BCUT2D eigenvalue weighted by Crippen LogP contribution is -2.28. The number of hydrogen-bond acceptors (Lipinski definition) is 4. The third kappa shape index (κ3) is 3.23. The SMILES string of the molecule is Cc1ccccc1N1C(=O)/C(=C/c2ccc(N(C)C)cc2)SC1=S. The molecular formula is C19H18N2OS2. The minimum absolute atomic E-state index is 0.0593. The van der Waals surface area contributed by atoms with Crippen molar-refractivity contribution < 1.29 is 4.79 Å². The van der Waals surface area contributed by atoms with Crippen molar-refractivity contribution in [3.63, 3.8) is 0 Å². The molecule has 0 bridgehead atoms. The van der Waals surface area contributed by atoms with Gasteiger partial charge in [0, 0.05) is 19.8 Å². The molecule has 3 rings (SSSR count). The van der Waals surface area contributed by atoms with E-state index < -0.39 is 0 Å². The van der Waals surface area contributed by atoms with Gasteiger partial charge in [0.2, 0.25) is 0 Å². The van der Waals surface area contributed by atoms with E-state index in [9.17, 15) is 4.79 Å². The summed E-state index contributed by atoms with van der Waals surface area (Å²) in [7, 11) is 4.00. The first-order chi connectivity index (χ1) is 11.5. The van der Waals surface area contributed by atoms with Gasteiger partial charge in [-0.2, -0.15) is 0 Å². The molecule has 1 saturated heterocycles. The predicted molar refractivity (Wildman–Crippen MR) is 108 cm³/mol. The minimum atomic E-state index is -0.0593. The van der Waals surface area contributed by atoms with Crippen LogP contribution in [0.3, 0.4) is 0 Å². The number of thioether (sulfide) groups is 1. The maximum absolute atomic E-state index is 12.8. The second-order valence-corrected chi connectivity index (χ2v) is 7.47. The Morgan fingerprint density at radius 1 is 1.08 bits per heavy atom. The highest BCUT2D eigenvalue weighted by molar-refractivity contribution is 8.27. The summed E-state index contributed by atoms with van der Waals surface area (Å²) in [6.45, 7) is 1.98. The van der Waals surface area contributed by atoms with Crippen LogP contribution in [-0.2, 0) is 4.79 Å². The van der Waals surface area contributed by atoms with Crippen molar-refractivity contribution in [2.24, 2.45) is 0 Å². The molecule has 122 valence electrons. The summed E-state index contributed by atoms with van der Waals surface area (Å²) in [6, 6.07) is 15.9. The first-order valence-electron chi connectivity index (χ1n) is 7.58. The van der Waals surface area contributed by atoms with Gasteiger partial charge in [-0.15, -0.1) is 0 Å². The van der Waals surface area contributed by atoms with Gasteiger partial charge >= 0.3 is 0 Å². The van der Waals surface area contributed by atoms with E-state index >= 15 is 0 Å². The Bertz CT molecular complexity index is 826. The molecule has 24 heavy (non-hydrogen) atoms. The van der Waals surface area contributed by atoms with Crippen LogP contribution in [0, 0.1) is 6.92 Å². The van der Waals surface area contributed by atoms with Crippen molar-refractivity contribution >= 4 is 51.7 Å². The van der Waals surface area contributed by atoms with Gasteiger partial charge in [-0.1, -0.05) is 54.3 Å². The smallest absolute Gasteiger partial charge is 0.270 e. The molecule has 5 heteroatoms. The van der Waals surface area contributed by atoms with Crippen LogP contribution in [0.4, 0.5) is 11.4 Å². The quantitative estimate of drug-likeness (QED) is 0.599. The van der Waals surface area contributed by atoms with Crippen LogP contribution in [0.25, 0.3) is 6.08 Å². The van der Waals surface area contributed by atoms with Crippen molar-refractivity contribution in [3.05, 3.63) is 64.6 Å². The highest BCUT2D eigenvalue weighted by Gasteiger charge is 2.33. The van der Waals surface area contributed by atoms with Gasteiger partial charge in [0.25, 0.3) is 5.91 Å². The van der Waals surface area contributed by atoms with Gasteiger partial charge in [-0.3, -0.25) is 9.69 Å². The number of carbonyl (C=O) groups is 1. The number of aryl methyl sites for hydroxylation is 1. The lowest BCUT2D eigenvalue weighted by Gasteiger charge is -2.16. The van der Waals surface area contributed by atoms with E-state index in [-0.39, 0.29) is 5.91 Å². The van der Waals surface area contributed by atoms with E-state index in [1.807, 2.05) is 80.5 Å². The Morgan fingerprint density at radius 2 is 1.75 bits per heavy atom. The lowest BCUT2D eigenvalue weighted by molar-refractivity contribution is -0.113. The van der Waals surface area contributed by atoms with E-state index in [4.69, 9.17) is 12.2 Å². The fourth-order valence-electron chi connectivity index (χ4n) is 2.51. The summed E-state index contributed by atoms with van der Waals surface area (Å²) in [5.41, 5.74) is 4.00. The molecule has 1 aliphatic heterocycles. The van der Waals surface area contributed by atoms with E-state index in [0.29, 0.717) is 9.23 Å². The first kappa shape index (κ1) is 16.7. The minimum Gasteiger partial charge on any atom is -0.378 e. The standard InChI is InChI=1S/C19H18N2OS2/c1-13-6-4-5-7-16(13)21-18(22)17(24-19(21)23)12-14-8-10-15(11-9-14)20(2)3/h4-12H,1-3H3/b17-12-. The number of hydrogen-bond donors (Lipinski definition) is 0. The fourth-order valence-corrected chi connectivity index (χ4v) is 3.79. The van der Waals surface area contributed by atoms with Crippen molar-refractivity contribution in [3.8, 4) is 0 Å². The topological polar surface area (TPSA) is 23.6 Å². The molecule has 0 unspecified atom stereocenters. The second-order valence-electron chi connectivity index (χ2n) is 5.79. The molecule has 1 heterocycles. The summed E-state index contributed by atoms with van der Waals surface area (Å²) in [4.78, 5) is 17.1. The zero-order chi connectivity index (χ0) is 17.3. The number of anilines is 2. The maximum Gasteiger partial charge on any atom is 0.270 e. The molecule has 0 radical (unpaired) electrons. The van der Waals surface area contributed by atoms with Crippen LogP contribution in [0.2, 0.25) is 0 Å². The Hall–Kier alpha value is -2.11. The Labute approximate surface area is 152 Å². The summed E-state index contributed by atoms with van der Waals surface area (Å²) < 4.78 is 0.575. The van der Waals surface area contributed by atoms with Crippen molar-refractivity contribution in [1.82, 2.24) is 0 Å². The Kier molecular flexibility index (Phi) is 4.73. The monoisotopic (exact) mass is 354 g/mol. The molecule has 1 aliphatic rings. The van der Waals surface area contributed by atoms with Crippen LogP contribution >= 0.6 is 24.0 Å². The van der Waals surface area contributed by atoms with Gasteiger partial charge in [-0.25, -0.2) is 0 Å². The zero-order valence-corrected chi connectivity index (χ0v) is 15.4. The van der Waals surface area contributed by atoms with E-state index in [1.165, 1.54) is 11.8 Å². The molecule has 1 fully saturated rings. The van der Waals surface area contributed by atoms with Crippen LogP contribution < -0.4 is 9.80 Å². The average molecular weight is 355 g/mol. The molecule has 2 aromatic rings. The number of benzene rings is 2. The molecule has 0 spiro atoms. The number of para-hydroxylation sites is 1. The largest absolute Gasteiger partial charge is 0.378 e. The summed E-state index contributed by atoms with van der Waals surface area (Å²) in [6.07, 6.45) is 1.90. The van der Waals surface area contributed by atoms with Crippen LogP contribution in [-0.4, -0.2) is 24.3 Å². The van der Waals surface area contributed by atoms with Crippen LogP contribution in [0.5, 0.6) is 0 Å². The van der Waals surface area contributed by atoms with Crippen LogP contribution in [0.1, 0.15) is 11.1 Å². The fraction of sp³-hybridized carbons (Fsp3) is 0.158. The summed E-state index contributed by atoms with van der Waals surface area (Å²) in [5.74, 6) is -0.0593. The summed E-state index contributed by atoms with van der Waals surface area (Å²) >= 11 is 6.78. The number of amides is 1. The van der Waals surface area contributed by atoms with Gasteiger partial charge in [0.05, 0.1) is 10.6 Å². The van der Waals surface area contributed by atoms with E-state index in [2.05, 4.69) is 0 Å². The molecule has 0 atom stereocenters. The third-order valence-electron chi connectivity index (χ3n) is 3.86. The van der Waals surface area contributed by atoms with Crippen LogP contribution in [0.15, 0.2) is 53.4 Å². The molecule has 0 aliphatic carbocycles. The molecule has 2 aromatic carbocycles. The molecule has 0 N–H and O–H groups in total. The van der Waals surface area contributed by atoms with Crippen molar-refractivity contribution in [1.29, 1.82) is 0 Å². The van der Waals surface area contributed by atoms with Gasteiger partial charge < -0.3 is 4.90 Å². The Balaban J connectivity index is 1.90. The maximum atomic E-state index is 12.8. The number of rotatable bonds is 3. The number of thiocarbonyl (C=S) groups is 1. The second kappa shape index (κ2) is 6.79. The lowest BCUT2D eigenvalue weighted by atomic mass is 10.1. The van der Waals surface area contributed by atoms with E-state index in [1.54, 1.807) is 4.90 Å². The molecule has 1 amide bonds. The molecule has 3 nitrogen and oxygen atoms in total. The number of nitrogens with zero attached hydrogens (tertiary/aromatic N) is 2. The van der Waals surface area contributed by atoms with E-state index in [0.717, 1.165) is 22.5 Å². The molecule has 0 saturated carbocycles. The molecule has 0 aromatic heterocycles. The highest BCUT2D eigenvalue weighted by atomic mass is 32.2. The normalized spacial score (nSPS) is 16.1. The zero-order valence-electron chi connectivity index (χ0n) is 13.8. The first-order valence-corrected chi connectivity index (χ1v) is 8.81. The van der Waals surface area contributed by atoms with Crippen molar-refractivity contribution in [2.75, 3.05) is 23.9 Å². The predicted octanol–water partition coefficient (Wildman–Crippen LogP) is 4.47. The van der Waals surface area contributed by atoms with Gasteiger partial charge in [-0.05, 0) is 42.3 Å². The Morgan fingerprint density at radius 3 is 2.38 bits per heavy atom. The average Bonchev–Trinajstić information content (AvgIpc) is 2.83. The number of carbonyl (C=O) groups excluding carboxylic acids is 1. The third-order valence-corrected chi connectivity index (χ3v) is 5.16. The van der Waals surface area contributed by atoms with Gasteiger partial charge in [0.1, 0.15) is 0 Å². The van der Waals surface area contributed by atoms with Gasteiger partial charge in [0.15, 0.2) is 4.32 Å². The summed E-state index contributed by atoms with van der Waals surface area (Å²) in [5, 5.41) is 0. The highest BCUT2D eigenvalue weighted by Crippen LogP contribution is 2.37. The van der Waals surface area contributed by atoms with Crippen molar-refractivity contribution in [2.45, 2.75) is 6.92 Å². The molecular weight excluding hydrogens is 336 g/mol.